The number of ether oxygens (including phenoxy) is 8. The van der Waals surface area contributed by atoms with Crippen molar-refractivity contribution in [1.82, 2.24) is 15.5 Å². The van der Waals surface area contributed by atoms with E-state index < -0.39 is 83.9 Å². The summed E-state index contributed by atoms with van der Waals surface area (Å²) in [6.45, 7) is 16.5. The lowest BCUT2D eigenvalue weighted by molar-refractivity contribution is -0.162. The number of nitrogens with zero attached hydrogens (tertiary/aromatic N) is 3. The normalized spacial score (nSPS) is 21.4. The van der Waals surface area contributed by atoms with Crippen molar-refractivity contribution in [3.8, 4) is 0 Å². The van der Waals surface area contributed by atoms with Crippen molar-refractivity contribution in [3.63, 3.8) is 0 Å². The van der Waals surface area contributed by atoms with Gasteiger partial charge in [-0.05, 0) is 43.9 Å². The first-order chi connectivity index (χ1) is 38.2. The number of carbonyl (C=O) groups excluding carboxylic acids is 5. The predicted molar refractivity (Wildman–Crippen MR) is 296 cm³/mol. The highest BCUT2D eigenvalue weighted by Crippen LogP contribution is 2.43. The maximum Gasteiger partial charge on any atom is 0.310 e. The molecule has 0 bridgehead atoms. The zero-order valence-corrected chi connectivity index (χ0v) is 48.5. The maximum atomic E-state index is 13.5. The molecule has 3 amide bonds. The van der Waals surface area contributed by atoms with E-state index in [4.69, 9.17) is 60.8 Å². The number of rotatable bonds is 44. The van der Waals surface area contributed by atoms with Crippen molar-refractivity contribution in [2.24, 2.45) is 68.4 Å². The quantitative estimate of drug-likeness (QED) is 0.0186. The Kier molecular flexibility index (Phi) is 35.3. The average Bonchev–Trinajstić information content (AvgIpc) is 3.92. The Hall–Kier alpha value is -5.41. The molecule has 0 unspecified atom stereocenters. The van der Waals surface area contributed by atoms with Crippen LogP contribution in [0.1, 0.15) is 126 Å². The molecule has 2 fully saturated rings. The monoisotopic (exact) mass is 1140 g/mol. The molecule has 12 N–H and O–H groups in total. The van der Waals surface area contributed by atoms with Gasteiger partial charge in [0.1, 0.15) is 12.2 Å². The first-order valence-electron chi connectivity index (χ1n) is 28.5. The van der Waals surface area contributed by atoms with Crippen LogP contribution in [0.25, 0.3) is 0 Å². The maximum absolute atomic E-state index is 13.5. The molecule has 2 rings (SSSR count). The molecule has 2 aliphatic carbocycles. The summed E-state index contributed by atoms with van der Waals surface area (Å²) >= 11 is 0. The molecule has 10 atom stereocenters. The topological polar surface area (TPSA) is 390 Å². The van der Waals surface area contributed by atoms with Crippen LogP contribution >= 0.6 is 0 Å². The van der Waals surface area contributed by atoms with Crippen molar-refractivity contribution in [2.45, 2.75) is 162 Å². The second-order valence-corrected chi connectivity index (χ2v) is 20.3. The van der Waals surface area contributed by atoms with Crippen LogP contribution < -0.4 is 33.6 Å². The van der Waals surface area contributed by atoms with Gasteiger partial charge in [0.25, 0.3) is 0 Å². The van der Waals surface area contributed by atoms with Crippen LogP contribution in [0.3, 0.4) is 0 Å². The van der Waals surface area contributed by atoms with Crippen molar-refractivity contribution < 1.29 is 81.7 Å². The molecule has 0 aliphatic heterocycles. The zero-order valence-electron chi connectivity index (χ0n) is 48.5. The van der Waals surface area contributed by atoms with E-state index in [-0.39, 0.29) is 139 Å². The number of carboxylic acid groups (broad SMARTS) is 2. The molecule has 0 aromatic carbocycles. The Bertz CT molecular complexity index is 1810. The first kappa shape index (κ1) is 70.7. The van der Waals surface area contributed by atoms with Gasteiger partial charge in [-0.3, -0.25) is 33.6 Å². The minimum atomic E-state index is -1.18. The molecule has 26 heteroatoms. The van der Waals surface area contributed by atoms with Gasteiger partial charge in [0.2, 0.25) is 17.7 Å². The lowest BCUT2D eigenvalue weighted by atomic mass is 9.80. The molecule has 2 saturated carbocycles. The van der Waals surface area contributed by atoms with Crippen LogP contribution in [0, 0.1) is 35.5 Å². The molecular formula is C54H97N9O17. The third-order valence-corrected chi connectivity index (χ3v) is 14.5. The summed E-state index contributed by atoms with van der Waals surface area (Å²) in [5.74, 6) is -8.92. The van der Waals surface area contributed by atoms with Gasteiger partial charge < -0.3 is 86.6 Å². The summed E-state index contributed by atoms with van der Waals surface area (Å²) in [5.41, 5.74) is 23.0. The van der Waals surface area contributed by atoms with Gasteiger partial charge in [0.05, 0.1) is 89.8 Å². The molecule has 0 spiro atoms. The smallest absolute Gasteiger partial charge is 0.310 e. The highest BCUT2D eigenvalue weighted by Gasteiger charge is 2.55. The van der Waals surface area contributed by atoms with E-state index in [0.717, 1.165) is 6.42 Å². The lowest BCUT2D eigenvalue weighted by Crippen LogP contribution is -2.51. The Morgan fingerprint density at radius 2 is 0.863 bits per heavy atom. The number of nitrogens with two attached hydrogens (primary N) is 4. The Morgan fingerprint density at radius 3 is 1.19 bits per heavy atom. The first-order valence-corrected chi connectivity index (χ1v) is 28.5. The molecule has 0 radical (unpaired) electrons. The van der Waals surface area contributed by atoms with Crippen LogP contribution in [0.4, 0.5) is 0 Å². The molecule has 0 aromatic heterocycles. The van der Waals surface area contributed by atoms with Gasteiger partial charge in [-0.1, -0.05) is 60.3 Å². The van der Waals surface area contributed by atoms with E-state index in [0.29, 0.717) is 65.3 Å². The highest BCUT2D eigenvalue weighted by molar-refractivity contribution is 5.79. The fourth-order valence-corrected chi connectivity index (χ4v) is 10.7. The second kappa shape index (κ2) is 39.9. The zero-order chi connectivity index (χ0) is 59.6. The van der Waals surface area contributed by atoms with Crippen LogP contribution in [-0.2, 0) is 71.5 Å². The number of amides is 3. The van der Waals surface area contributed by atoms with Crippen LogP contribution in [-0.4, -0.2) is 197 Å². The molecule has 460 valence electrons. The number of carbonyl (C=O) groups is 7. The second-order valence-electron chi connectivity index (χ2n) is 20.3. The van der Waals surface area contributed by atoms with Gasteiger partial charge in [-0.2, -0.15) is 0 Å². The number of hydrogen-bond donors (Lipinski definition) is 8. The Balaban J connectivity index is 2.06. The Labute approximate surface area is 472 Å². The Morgan fingerprint density at radius 1 is 0.512 bits per heavy atom. The number of carboxylic acids is 2. The molecule has 26 nitrogen and oxygen atoms in total. The van der Waals surface area contributed by atoms with E-state index in [2.05, 4.69) is 20.6 Å². The van der Waals surface area contributed by atoms with E-state index in [9.17, 15) is 43.8 Å². The summed E-state index contributed by atoms with van der Waals surface area (Å²) in [6, 6.07) is -2.61. The third-order valence-electron chi connectivity index (χ3n) is 14.5. The number of aliphatic carboxylic acids is 2. The number of esters is 2. The molecule has 80 heavy (non-hydrogen) atoms. The molecule has 0 aromatic rings. The average molecular weight is 1140 g/mol. The number of nitrogens with one attached hydrogen (secondary N) is 2. The van der Waals surface area contributed by atoms with Gasteiger partial charge in [0, 0.05) is 83.5 Å². The summed E-state index contributed by atoms with van der Waals surface area (Å²) < 4.78 is 45.6. The van der Waals surface area contributed by atoms with Crippen molar-refractivity contribution in [1.29, 1.82) is 0 Å². The fraction of sp³-hybridized carbons (Fsp3) is 0.833. The lowest BCUT2D eigenvalue weighted by Gasteiger charge is -2.36. The van der Waals surface area contributed by atoms with Crippen molar-refractivity contribution in [2.75, 3.05) is 92.4 Å². The standard InChI is InChI=1S/C54H97N9O17/c1-8-20-73-26-28-77-30-31-78-29-27-76-23-17-42(66)63(18-24-74-21-13-15-43(67)79-49-38(51(69)70)32-40(61-53(55)56)45(49)47(59-34(6)64)36(9-2)10-3)19-25-75-22-14-16-44(68)80-50-39(52(71)72)33-41(62-54(57)58)46(50)48(60-35(7)65)37(11-4)12-5/h36-41,45-50H,8-33H2,1-7H3,(H,59,64)(H,60,65)(H,69,70)(H,71,72)(H4,55,56,61)(H4,57,58,62)/t38-,39-,40-,41+,45+,46+,47+,48+,49+,50+/m0/s1. The van der Waals surface area contributed by atoms with E-state index >= 15 is 0 Å². The van der Waals surface area contributed by atoms with Crippen LogP contribution in [0.15, 0.2) is 9.98 Å². The third kappa shape index (κ3) is 26.0. The number of hydrogen-bond acceptors (Lipinski definition) is 17. The molecule has 2 aliphatic rings. The van der Waals surface area contributed by atoms with E-state index in [1.807, 2.05) is 34.6 Å². The summed E-state index contributed by atoms with van der Waals surface area (Å²) in [5, 5.41) is 26.4. The van der Waals surface area contributed by atoms with Crippen molar-refractivity contribution >= 4 is 53.5 Å². The minimum Gasteiger partial charge on any atom is -0.481 e. The van der Waals surface area contributed by atoms with Gasteiger partial charge in [-0.25, -0.2) is 9.98 Å². The highest BCUT2D eigenvalue weighted by atomic mass is 16.6. The number of guanidine groups is 2. The van der Waals surface area contributed by atoms with Crippen molar-refractivity contribution in [3.05, 3.63) is 0 Å². The number of aliphatic imine (C=N–C) groups is 2. The summed E-state index contributed by atoms with van der Waals surface area (Å²) in [7, 11) is 0. The summed E-state index contributed by atoms with van der Waals surface area (Å²) in [4.78, 5) is 100. The molecule has 0 heterocycles. The van der Waals surface area contributed by atoms with E-state index in [1.165, 1.54) is 13.8 Å². The predicted octanol–water partition coefficient (Wildman–Crippen LogP) is 1.71. The van der Waals surface area contributed by atoms with E-state index in [1.54, 1.807) is 4.90 Å². The van der Waals surface area contributed by atoms with Gasteiger partial charge >= 0.3 is 23.9 Å². The SMILES string of the molecule is CCCOCCOCCOCCOCCC(=O)N(CCOCCCC(=O)O[C@H]1[C@@H]([C@H](NC(C)=O)C(CC)CC)[C@@H](N=C(N)N)C[C@@H]1C(=O)O)CCOCCCC(=O)O[C@H]1[C@@H]([C@H](NC(C)=O)C(CC)CC)[C@H](N=C(N)N)C[C@@H]1C(=O)O. The fourth-order valence-electron chi connectivity index (χ4n) is 10.7. The molecular weight excluding hydrogens is 1050 g/mol. The molecule has 0 saturated heterocycles. The van der Waals surface area contributed by atoms with Crippen LogP contribution in [0.2, 0.25) is 0 Å². The van der Waals surface area contributed by atoms with Gasteiger partial charge in [0.15, 0.2) is 11.9 Å². The van der Waals surface area contributed by atoms with Gasteiger partial charge in [-0.15, -0.1) is 0 Å². The van der Waals surface area contributed by atoms with Crippen LogP contribution in [0.5, 0.6) is 0 Å². The minimum absolute atomic E-state index is 0.0000287. The largest absolute Gasteiger partial charge is 0.481 e. The summed E-state index contributed by atoms with van der Waals surface area (Å²) in [6.07, 6.45) is 1.55.